The van der Waals surface area contributed by atoms with E-state index in [1.807, 2.05) is 6.07 Å². The molecule has 1 aromatic carbocycles. The van der Waals surface area contributed by atoms with E-state index in [1.54, 1.807) is 12.4 Å². The first kappa shape index (κ1) is 13.1. The second kappa shape index (κ2) is 6.01. The number of halogens is 2. The van der Waals surface area contributed by atoms with Crippen molar-refractivity contribution in [2.45, 2.75) is 25.1 Å². The van der Waals surface area contributed by atoms with Crippen LogP contribution in [0.5, 0.6) is 0 Å². The first-order valence-electron chi connectivity index (χ1n) is 5.45. The van der Waals surface area contributed by atoms with Gasteiger partial charge in [-0.2, -0.15) is 0 Å². The summed E-state index contributed by atoms with van der Waals surface area (Å²) in [4.78, 5) is 8.58. The van der Waals surface area contributed by atoms with Crippen LogP contribution in [0.3, 0.4) is 0 Å². The fourth-order valence-corrected chi connectivity index (χ4v) is 4.26. The molecule has 0 N–H and O–H groups in total. The second-order valence-corrected chi connectivity index (χ2v) is 6.78. The Balaban J connectivity index is 2.42. The number of fused-ring (bicyclic) bond motifs is 1. The van der Waals surface area contributed by atoms with Crippen molar-refractivity contribution in [2.75, 3.05) is 0 Å². The van der Waals surface area contributed by atoms with Gasteiger partial charge in [-0.05, 0) is 0 Å². The Morgan fingerprint density at radius 3 is 2.82 bits per heavy atom. The van der Waals surface area contributed by atoms with E-state index in [1.165, 1.54) is 18.2 Å². The average molecular weight is 334 g/mol. The van der Waals surface area contributed by atoms with Crippen LogP contribution in [0.15, 0.2) is 18.5 Å². The Hall–Kier alpha value is -0.341. The van der Waals surface area contributed by atoms with Gasteiger partial charge in [-0.1, -0.05) is 0 Å². The number of hydrogen-bond donors (Lipinski definition) is 0. The molecule has 1 heterocycles. The predicted molar refractivity (Wildman–Crippen MR) is 74.7 cm³/mol. The second-order valence-electron chi connectivity index (χ2n) is 3.66. The summed E-state index contributed by atoms with van der Waals surface area (Å²) in [5, 5.41) is 3.44. The standard InChI is InChI=1S/C12H12Cl2N2Se/c1-2-3-4-17-12-9-5-8(13)6-10(14)11(9)15-7-16-12/h5-7H,2-4H2,1H3. The number of rotatable bonds is 4. The van der Waals surface area contributed by atoms with Crippen molar-refractivity contribution >= 4 is 53.7 Å². The molecule has 0 atom stereocenters. The van der Waals surface area contributed by atoms with E-state index in [0.29, 0.717) is 25.0 Å². The Morgan fingerprint density at radius 1 is 1.24 bits per heavy atom. The van der Waals surface area contributed by atoms with Gasteiger partial charge in [0.15, 0.2) is 0 Å². The molecule has 0 unspecified atom stereocenters. The van der Waals surface area contributed by atoms with E-state index < -0.39 is 0 Å². The quantitative estimate of drug-likeness (QED) is 0.632. The Kier molecular flexibility index (Phi) is 4.63. The summed E-state index contributed by atoms with van der Waals surface area (Å²) in [6.07, 6.45) is 4.04. The maximum atomic E-state index is 6.13. The van der Waals surface area contributed by atoms with Crippen LogP contribution in [0.1, 0.15) is 19.8 Å². The molecular weight excluding hydrogens is 322 g/mol. The predicted octanol–water partition coefficient (Wildman–Crippen LogP) is 3.48. The molecule has 5 heteroatoms. The van der Waals surface area contributed by atoms with Crippen LogP contribution in [-0.2, 0) is 0 Å². The van der Waals surface area contributed by atoms with Crippen molar-refractivity contribution in [3.05, 3.63) is 28.5 Å². The molecule has 0 fully saturated rings. The Labute approximate surface area is 117 Å². The summed E-state index contributed by atoms with van der Waals surface area (Å²) in [7, 11) is 0. The molecule has 0 aliphatic heterocycles. The molecule has 2 nitrogen and oxygen atoms in total. The minimum atomic E-state index is 0.366. The van der Waals surface area contributed by atoms with E-state index in [-0.39, 0.29) is 0 Å². The summed E-state index contributed by atoms with van der Waals surface area (Å²) in [6.45, 7) is 2.20. The van der Waals surface area contributed by atoms with E-state index in [9.17, 15) is 0 Å². The van der Waals surface area contributed by atoms with E-state index >= 15 is 0 Å². The monoisotopic (exact) mass is 334 g/mol. The number of hydrogen-bond acceptors (Lipinski definition) is 2. The molecule has 0 saturated carbocycles. The summed E-state index contributed by atoms with van der Waals surface area (Å²) in [6, 6.07) is 3.63. The van der Waals surface area contributed by atoms with Crippen molar-refractivity contribution in [3.63, 3.8) is 0 Å². The van der Waals surface area contributed by atoms with Gasteiger partial charge in [-0.25, -0.2) is 0 Å². The minimum absolute atomic E-state index is 0.366. The zero-order valence-corrected chi connectivity index (χ0v) is 12.6. The maximum absolute atomic E-state index is 6.13. The van der Waals surface area contributed by atoms with Gasteiger partial charge in [0.25, 0.3) is 0 Å². The molecule has 0 saturated heterocycles. The SMILES string of the molecule is CCCC[Se]c1ncnc2c(Cl)cc(Cl)cc12. The van der Waals surface area contributed by atoms with Crippen LogP contribution in [-0.4, -0.2) is 24.9 Å². The topological polar surface area (TPSA) is 25.8 Å². The van der Waals surface area contributed by atoms with Gasteiger partial charge in [0.05, 0.1) is 0 Å². The fraction of sp³-hybridized carbons (Fsp3) is 0.333. The third kappa shape index (κ3) is 3.11. The fourth-order valence-electron chi connectivity index (χ4n) is 1.50. The molecule has 1 aromatic heterocycles. The van der Waals surface area contributed by atoms with Crippen LogP contribution in [0.4, 0.5) is 0 Å². The van der Waals surface area contributed by atoms with Gasteiger partial charge in [0, 0.05) is 0 Å². The Morgan fingerprint density at radius 2 is 2.06 bits per heavy atom. The molecule has 2 aromatic rings. The number of aromatic nitrogens is 2. The molecule has 2 rings (SSSR count). The summed E-state index contributed by atoms with van der Waals surface area (Å²) in [5.74, 6) is 0. The normalized spacial score (nSPS) is 11.0. The molecule has 0 spiro atoms. The number of benzene rings is 1. The summed E-state index contributed by atoms with van der Waals surface area (Å²) in [5.41, 5.74) is 0.805. The van der Waals surface area contributed by atoms with E-state index in [0.717, 1.165) is 15.5 Å². The van der Waals surface area contributed by atoms with Crippen LogP contribution in [0.25, 0.3) is 10.9 Å². The van der Waals surface area contributed by atoms with Gasteiger partial charge >= 0.3 is 117 Å². The van der Waals surface area contributed by atoms with Crippen molar-refractivity contribution in [1.82, 2.24) is 9.97 Å². The molecule has 0 amide bonds. The summed E-state index contributed by atoms with van der Waals surface area (Å²) >= 11 is 12.5. The van der Waals surface area contributed by atoms with E-state index in [4.69, 9.17) is 23.2 Å². The number of nitrogens with zero attached hydrogens (tertiary/aromatic N) is 2. The number of unbranched alkanes of at least 4 members (excludes halogenated alkanes) is 1. The van der Waals surface area contributed by atoms with Crippen molar-refractivity contribution in [2.24, 2.45) is 0 Å². The molecule has 0 bridgehead atoms. The van der Waals surface area contributed by atoms with Crippen molar-refractivity contribution in [1.29, 1.82) is 0 Å². The molecule has 17 heavy (non-hydrogen) atoms. The molecule has 0 radical (unpaired) electrons. The van der Waals surface area contributed by atoms with Crippen LogP contribution in [0, 0.1) is 0 Å². The molecule has 0 aliphatic rings. The zero-order valence-electron chi connectivity index (χ0n) is 9.41. The first-order chi connectivity index (χ1) is 8.22. The Bertz CT molecular complexity index is 531. The third-order valence-electron chi connectivity index (χ3n) is 2.36. The van der Waals surface area contributed by atoms with Gasteiger partial charge in [-0.3, -0.25) is 0 Å². The van der Waals surface area contributed by atoms with Gasteiger partial charge in [-0.15, -0.1) is 0 Å². The van der Waals surface area contributed by atoms with Crippen LogP contribution in [0.2, 0.25) is 15.4 Å². The van der Waals surface area contributed by atoms with Gasteiger partial charge in [0.1, 0.15) is 0 Å². The van der Waals surface area contributed by atoms with Gasteiger partial charge < -0.3 is 0 Å². The first-order valence-corrected chi connectivity index (χ1v) is 8.27. The zero-order chi connectivity index (χ0) is 12.3. The van der Waals surface area contributed by atoms with E-state index in [2.05, 4.69) is 16.9 Å². The van der Waals surface area contributed by atoms with Crippen LogP contribution < -0.4 is 4.59 Å². The van der Waals surface area contributed by atoms with Crippen LogP contribution >= 0.6 is 23.2 Å². The molecular formula is C12H12Cl2N2Se. The van der Waals surface area contributed by atoms with Crippen molar-refractivity contribution in [3.8, 4) is 0 Å². The summed E-state index contributed by atoms with van der Waals surface area (Å²) < 4.78 is 1.10. The van der Waals surface area contributed by atoms with Crippen molar-refractivity contribution < 1.29 is 0 Å². The molecule has 90 valence electrons. The van der Waals surface area contributed by atoms with Gasteiger partial charge in [0.2, 0.25) is 0 Å². The average Bonchev–Trinajstić information content (AvgIpc) is 2.30. The molecule has 0 aliphatic carbocycles. The third-order valence-corrected chi connectivity index (χ3v) is 5.15.